The number of hydrogen-bond donors (Lipinski definition) is 1. The maximum absolute atomic E-state index is 12.0. The lowest BCUT2D eigenvalue weighted by molar-refractivity contribution is 0.0907. The fourth-order valence-electron chi connectivity index (χ4n) is 2.19. The summed E-state index contributed by atoms with van der Waals surface area (Å²) in [6.45, 7) is 5.39. The molecule has 0 radical (unpaired) electrons. The van der Waals surface area contributed by atoms with Gasteiger partial charge in [-0.05, 0) is 47.4 Å². The summed E-state index contributed by atoms with van der Waals surface area (Å²) in [5.41, 5.74) is 0.474. The molecule has 1 aliphatic heterocycles. The Morgan fingerprint density at radius 2 is 2.22 bits per heavy atom. The van der Waals surface area contributed by atoms with Gasteiger partial charge in [-0.1, -0.05) is 13.0 Å². The highest BCUT2D eigenvalue weighted by atomic mass is 79.9. The topological polar surface area (TPSA) is 45.2 Å². The van der Waals surface area contributed by atoms with Crippen LogP contribution in [0.1, 0.15) is 30.3 Å². The van der Waals surface area contributed by atoms with Crippen LogP contribution < -0.4 is 5.32 Å². The number of hydrogen-bond acceptors (Lipinski definition) is 3. The Labute approximate surface area is 116 Å². The van der Waals surface area contributed by atoms with Gasteiger partial charge >= 0.3 is 0 Å². The van der Waals surface area contributed by atoms with Crippen LogP contribution in [0.15, 0.2) is 22.8 Å². The van der Waals surface area contributed by atoms with Gasteiger partial charge < -0.3 is 10.2 Å². The molecule has 1 aromatic rings. The summed E-state index contributed by atoms with van der Waals surface area (Å²) < 4.78 is 0.691. The van der Waals surface area contributed by atoms with Gasteiger partial charge in [0.1, 0.15) is 10.3 Å². The molecule has 1 amide bonds. The Balaban J connectivity index is 1.89. The van der Waals surface area contributed by atoms with E-state index in [1.807, 2.05) is 12.1 Å². The number of piperidine rings is 1. The van der Waals surface area contributed by atoms with Crippen LogP contribution in [0.25, 0.3) is 0 Å². The summed E-state index contributed by atoms with van der Waals surface area (Å²) >= 11 is 3.28. The van der Waals surface area contributed by atoms with Gasteiger partial charge in [-0.2, -0.15) is 0 Å². The van der Waals surface area contributed by atoms with Gasteiger partial charge in [0.25, 0.3) is 5.91 Å². The van der Waals surface area contributed by atoms with Crippen LogP contribution in [0, 0.1) is 0 Å². The first-order valence-electron chi connectivity index (χ1n) is 6.35. The minimum atomic E-state index is -0.0775. The molecule has 1 N–H and O–H groups in total. The number of halogens is 1. The number of nitrogens with one attached hydrogen (secondary N) is 1. The Morgan fingerprint density at radius 3 is 2.83 bits per heavy atom. The predicted molar refractivity (Wildman–Crippen MR) is 74.5 cm³/mol. The summed E-state index contributed by atoms with van der Waals surface area (Å²) in [5.74, 6) is -0.0775. The minimum absolute atomic E-state index is 0.0775. The third-order valence-electron chi connectivity index (χ3n) is 3.32. The highest BCUT2D eigenvalue weighted by molar-refractivity contribution is 9.10. The van der Waals surface area contributed by atoms with Crippen molar-refractivity contribution >= 4 is 21.8 Å². The molecular formula is C13H18BrN3O. The van der Waals surface area contributed by atoms with Gasteiger partial charge in [0.05, 0.1) is 0 Å². The van der Waals surface area contributed by atoms with E-state index in [0.717, 1.165) is 32.5 Å². The van der Waals surface area contributed by atoms with Gasteiger partial charge in [0, 0.05) is 19.1 Å². The highest BCUT2D eigenvalue weighted by Gasteiger charge is 2.20. The van der Waals surface area contributed by atoms with E-state index >= 15 is 0 Å². The maximum Gasteiger partial charge on any atom is 0.270 e. The summed E-state index contributed by atoms with van der Waals surface area (Å²) in [4.78, 5) is 18.6. The zero-order chi connectivity index (χ0) is 13.0. The molecule has 1 aromatic heterocycles. The van der Waals surface area contributed by atoms with Crippen LogP contribution in [0.4, 0.5) is 0 Å². The van der Waals surface area contributed by atoms with E-state index in [2.05, 4.69) is 38.1 Å². The quantitative estimate of drug-likeness (QED) is 0.869. The number of carbonyl (C=O) groups excluding carboxylic acids is 1. The molecule has 4 nitrogen and oxygen atoms in total. The lowest BCUT2D eigenvalue weighted by Gasteiger charge is -2.31. The first-order chi connectivity index (χ1) is 8.69. The van der Waals surface area contributed by atoms with Crippen molar-refractivity contribution < 1.29 is 4.79 Å². The van der Waals surface area contributed by atoms with Crippen LogP contribution in [0.5, 0.6) is 0 Å². The first kappa shape index (κ1) is 13.5. The number of rotatable bonds is 3. The van der Waals surface area contributed by atoms with Crippen LogP contribution in [-0.4, -0.2) is 41.5 Å². The molecule has 0 bridgehead atoms. The lowest BCUT2D eigenvalue weighted by atomic mass is 10.0. The van der Waals surface area contributed by atoms with Crippen LogP contribution in [0.2, 0.25) is 0 Å². The molecule has 1 aliphatic rings. The molecule has 0 aromatic carbocycles. The molecule has 5 heteroatoms. The van der Waals surface area contributed by atoms with Crippen molar-refractivity contribution in [1.29, 1.82) is 0 Å². The van der Waals surface area contributed by atoms with Gasteiger partial charge in [-0.25, -0.2) is 4.98 Å². The van der Waals surface area contributed by atoms with E-state index in [0.29, 0.717) is 10.3 Å². The third-order valence-corrected chi connectivity index (χ3v) is 3.76. The first-order valence-corrected chi connectivity index (χ1v) is 7.14. The zero-order valence-electron chi connectivity index (χ0n) is 10.5. The second kappa shape index (κ2) is 6.29. The fraction of sp³-hybridized carbons (Fsp3) is 0.538. The van der Waals surface area contributed by atoms with Crippen LogP contribution >= 0.6 is 15.9 Å². The number of pyridine rings is 1. The molecular weight excluding hydrogens is 294 g/mol. The largest absolute Gasteiger partial charge is 0.348 e. The van der Waals surface area contributed by atoms with Gasteiger partial charge in [0.2, 0.25) is 0 Å². The van der Waals surface area contributed by atoms with Gasteiger partial charge in [-0.15, -0.1) is 0 Å². The number of likely N-dealkylation sites (tertiary alicyclic amines) is 1. The smallest absolute Gasteiger partial charge is 0.270 e. The van der Waals surface area contributed by atoms with Gasteiger partial charge in [-0.3, -0.25) is 4.79 Å². The molecule has 1 fully saturated rings. The molecule has 2 rings (SSSR count). The molecule has 1 saturated heterocycles. The van der Waals surface area contributed by atoms with Crippen molar-refractivity contribution in [3.8, 4) is 0 Å². The number of amides is 1. The Kier molecular flexibility index (Phi) is 4.72. The van der Waals surface area contributed by atoms with Crippen molar-refractivity contribution in [2.75, 3.05) is 19.6 Å². The Hall–Kier alpha value is -0.940. The standard InChI is InChI=1S/C13H18BrN3O/c1-2-17-8-6-10(7-9-17)15-13(18)11-4-3-5-12(14)16-11/h3-5,10H,2,6-9H2,1H3,(H,15,18). The molecule has 98 valence electrons. The summed E-state index contributed by atoms with van der Waals surface area (Å²) in [5, 5.41) is 3.06. The number of aromatic nitrogens is 1. The van der Waals surface area contributed by atoms with E-state index in [4.69, 9.17) is 0 Å². The normalized spacial score (nSPS) is 17.7. The maximum atomic E-state index is 12.0. The fourth-order valence-corrected chi connectivity index (χ4v) is 2.53. The molecule has 18 heavy (non-hydrogen) atoms. The SMILES string of the molecule is CCN1CCC(NC(=O)c2cccc(Br)n2)CC1. The zero-order valence-corrected chi connectivity index (χ0v) is 12.1. The molecule has 0 saturated carbocycles. The average molecular weight is 312 g/mol. The predicted octanol–water partition coefficient (Wildman–Crippen LogP) is 2.06. The summed E-state index contributed by atoms with van der Waals surface area (Å²) in [7, 11) is 0. The third kappa shape index (κ3) is 3.53. The monoisotopic (exact) mass is 311 g/mol. The highest BCUT2D eigenvalue weighted by Crippen LogP contribution is 2.11. The van der Waals surface area contributed by atoms with Crippen molar-refractivity contribution in [3.63, 3.8) is 0 Å². The summed E-state index contributed by atoms with van der Waals surface area (Å²) in [6.07, 6.45) is 2.04. The van der Waals surface area contributed by atoms with Gasteiger partial charge in [0.15, 0.2) is 0 Å². The van der Waals surface area contributed by atoms with Crippen molar-refractivity contribution in [1.82, 2.24) is 15.2 Å². The van der Waals surface area contributed by atoms with Crippen LogP contribution in [0.3, 0.4) is 0 Å². The van der Waals surface area contributed by atoms with E-state index in [9.17, 15) is 4.79 Å². The lowest BCUT2D eigenvalue weighted by Crippen LogP contribution is -2.44. The van der Waals surface area contributed by atoms with E-state index < -0.39 is 0 Å². The van der Waals surface area contributed by atoms with E-state index in [1.165, 1.54) is 0 Å². The van der Waals surface area contributed by atoms with E-state index in [1.54, 1.807) is 6.07 Å². The number of nitrogens with zero attached hydrogens (tertiary/aromatic N) is 2. The number of carbonyl (C=O) groups is 1. The minimum Gasteiger partial charge on any atom is -0.348 e. The summed E-state index contributed by atoms with van der Waals surface area (Å²) in [6, 6.07) is 5.66. The van der Waals surface area contributed by atoms with Crippen LogP contribution in [-0.2, 0) is 0 Å². The van der Waals surface area contributed by atoms with Crippen molar-refractivity contribution in [2.24, 2.45) is 0 Å². The molecule has 2 heterocycles. The molecule has 0 unspecified atom stereocenters. The molecule has 0 atom stereocenters. The average Bonchev–Trinajstić information content (AvgIpc) is 2.39. The second-order valence-electron chi connectivity index (χ2n) is 4.53. The van der Waals surface area contributed by atoms with E-state index in [-0.39, 0.29) is 11.9 Å². The van der Waals surface area contributed by atoms with Crippen molar-refractivity contribution in [2.45, 2.75) is 25.8 Å². The molecule has 0 spiro atoms. The second-order valence-corrected chi connectivity index (χ2v) is 5.34. The van der Waals surface area contributed by atoms with Crippen molar-refractivity contribution in [3.05, 3.63) is 28.5 Å². The Bertz CT molecular complexity index is 416. The Morgan fingerprint density at radius 1 is 1.50 bits per heavy atom. The molecule has 0 aliphatic carbocycles.